The molecule has 1 aliphatic rings. The number of likely N-dealkylation sites (N-methyl/N-ethyl adjacent to an activating group) is 1. The predicted molar refractivity (Wildman–Crippen MR) is 50.2 cm³/mol. The molecule has 74 valence electrons. The van der Waals surface area contributed by atoms with Crippen LogP contribution < -0.4 is 5.32 Å². The fourth-order valence-corrected chi connectivity index (χ4v) is 1.60. The zero-order valence-corrected chi connectivity index (χ0v) is 7.78. The average molecular weight is 193 g/mol. The van der Waals surface area contributed by atoms with Crippen molar-refractivity contribution in [2.75, 3.05) is 13.6 Å². The van der Waals surface area contributed by atoms with Crippen molar-refractivity contribution in [1.29, 1.82) is 0 Å². The lowest BCUT2D eigenvalue weighted by molar-refractivity contribution is 0.0390. The number of aromatic hydroxyl groups is 1. The topological polar surface area (TPSA) is 58.6 Å². The van der Waals surface area contributed by atoms with Crippen LogP contribution in [0.4, 0.5) is 0 Å². The van der Waals surface area contributed by atoms with Crippen LogP contribution in [0, 0.1) is 0 Å². The van der Waals surface area contributed by atoms with Gasteiger partial charge in [0.05, 0.1) is 5.56 Å². The van der Waals surface area contributed by atoms with Crippen LogP contribution >= 0.6 is 0 Å². The lowest BCUT2D eigenvalue weighted by Crippen LogP contribution is -2.16. The van der Waals surface area contributed by atoms with Crippen LogP contribution in [0.1, 0.15) is 22.0 Å². The van der Waals surface area contributed by atoms with Gasteiger partial charge in [0, 0.05) is 12.1 Å². The molecule has 1 aliphatic heterocycles. The SMILES string of the molecule is CNCC1OC(=O)c2cc(O)ccc21. The Morgan fingerprint density at radius 3 is 3.07 bits per heavy atom. The first-order valence-corrected chi connectivity index (χ1v) is 4.41. The highest BCUT2D eigenvalue weighted by Gasteiger charge is 2.30. The van der Waals surface area contributed by atoms with Crippen molar-refractivity contribution >= 4 is 5.97 Å². The molecule has 0 aromatic heterocycles. The number of fused-ring (bicyclic) bond motifs is 1. The minimum atomic E-state index is -0.365. The van der Waals surface area contributed by atoms with E-state index < -0.39 is 0 Å². The van der Waals surface area contributed by atoms with Gasteiger partial charge in [0.1, 0.15) is 11.9 Å². The monoisotopic (exact) mass is 193 g/mol. The van der Waals surface area contributed by atoms with Crippen molar-refractivity contribution < 1.29 is 14.6 Å². The second-order valence-corrected chi connectivity index (χ2v) is 3.22. The lowest BCUT2D eigenvalue weighted by Gasteiger charge is -2.08. The third-order valence-electron chi connectivity index (χ3n) is 2.24. The lowest BCUT2D eigenvalue weighted by atomic mass is 10.0. The van der Waals surface area contributed by atoms with Crippen LogP contribution in [0.3, 0.4) is 0 Å². The Balaban J connectivity index is 2.39. The van der Waals surface area contributed by atoms with Gasteiger partial charge in [0.2, 0.25) is 0 Å². The van der Waals surface area contributed by atoms with Gasteiger partial charge in [0.15, 0.2) is 0 Å². The van der Waals surface area contributed by atoms with Gasteiger partial charge in [-0.1, -0.05) is 6.07 Å². The fourth-order valence-electron chi connectivity index (χ4n) is 1.60. The first-order chi connectivity index (χ1) is 6.72. The molecule has 1 aromatic carbocycles. The number of hydrogen-bond acceptors (Lipinski definition) is 4. The third-order valence-corrected chi connectivity index (χ3v) is 2.24. The summed E-state index contributed by atoms with van der Waals surface area (Å²) in [5.74, 6) is -0.276. The van der Waals surface area contributed by atoms with E-state index in [4.69, 9.17) is 4.74 Å². The standard InChI is InChI=1S/C10H11NO3/c1-11-5-9-7-3-2-6(12)4-8(7)10(13)14-9/h2-4,9,11-12H,5H2,1H3. The summed E-state index contributed by atoms with van der Waals surface area (Å²) >= 11 is 0. The highest BCUT2D eigenvalue weighted by atomic mass is 16.5. The molecule has 1 aromatic rings. The third kappa shape index (κ3) is 1.33. The van der Waals surface area contributed by atoms with Crippen molar-refractivity contribution in [3.8, 4) is 5.75 Å². The summed E-state index contributed by atoms with van der Waals surface area (Å²) in [4.78, 5) is 11.3. The Morgan fingerprint density at radius 1 is 1.57 bits per heavy atom. The smallest absolute Gasteiger partial charge is 0.339 e. The molecule has 2 N–H and O–H groups in total. The second-order valence-electron chi connectivity index (χ2n) is 3.22. The molecule has 1 atom stereocenters. The fraction of sp³-hybridized carbons (Fsp3) is 0.300. The van der Waals surface area contributed by atoms with Gasteiger partial charge < -0.3 is 15.2 Å². The first kappa shape index (κ1) is 9.02. The van der Waals surface area contributed by atoms with Crippen molar-refractivity contribution in [2.24, 2.45) is 0 Å². The molecule has 2 rings (SSSR count). The van der Waals surface area contributed by atoms with Crippen molar-refractivity contribution in [3.05, 3.63) is 29.3 Å². The minimum absolute atomic E-state index is 0.0887. The number of esters is 1. The Morgan fingerprint density at radius 2 is 2.36 bits per heavy atom. The number of cyclic esters (lactones) is 1. The van der Waals surface area contributed by atoms with Gasteiger partial charge in [-0.3, -0.25) is 0 Å². The van der Waals surface area contributed by atoms with Crippen LogP contribution in [0.25, 0.3) is 0 Å². The molecule has 0 bridgehead atoms. The Kier molecular flexibility index (Phi) is 2.13. The number of carbonyl (C=O) groups is 1. The van der Waals surface area contributed by atoms with Gasteiger partial charge in [-0.2, -0.15) is 0 Å². The highest BCUT2D eigenvalue weighted by Crippen LogP contribution is 2.32. The quantitative estimate of drug-likeness (QED) is 0.683. The first-order valence-electron chi connectivity index (χ1n) is 4.41. The van der Waals surface area contributed by atoms with Gasteiger partial charge in [-0.15, -0.1) is 0 Å². The number of ether oxygens (including phenoxy) is 1. The summed E-state index contributed by atoms with van der Waals surface area (Å²) in [6, 6.07) is 4.72. The van der Waals surface area contributed by atoms with Crippen LogP contribution in [0.2, 0.25) is 0 Å². The molecule has 0 amide bonds. The maximum absolute atomic E-state index is 11.3. The van der Waals surface area contributed by atoms with Crippen LogP contribution in [-0.2, 0) is 4.74 Å². The van der Waals surface area contributed by atoms with Crippen LogP contribution in [0.15, 0.2) is 18.2 Å². The molecule has 0 saturated carbocycles. The summed E-state index contributed by atoms with van der Waals surface area (Å²) < 4.78 is 5.11. The molecule has 4 nitrogen and oxygen atoms in total. The zero-order chi connectivity index (χ0) is 10.1. The Labute approximate surface area is 81.5 Å². The molecule has 0 spiro atoms. The maximum Gasteiger partial charge on any atom is 0.339 e. The molecular weight excluding hydrogens is 182 g/mol. The van der Waals surface area contributed by atoms with E-state index in [2.05, 4.69) is 5.32 Å². The van der Waals surface area contributed by atoms with E-state index in [1.54, 1.807) is 19.2 Å². The molecular formula is C10H11NO3. The molecule has 1 heterocycles. The molecule has 4 heteroatoms. The van der Waals surface area contributed by atoms with Crippen LogP contribution in [0.5, 0.6) is 5.75 Å². The van der Waals surface area contributed by atoms with Crippen molar-refractivity contribution in [3.63, 3.8) is 0 Å². The van der Waals surface area contributed by atoms with Gasteiger partial charge in [0.25, 0.3) is 0 Å². The van der Waals surface area contributed by atoms with Crippen molar-refractivity contribution in [1.82, 2.24) is 5.32 Å². The number of benzene rings is 1. The van der Waals surface area contributed by atoms with Gasteiger partial charge in [-0.05, 0) is 19.2 Å². The molecule has 0 aliphatic carbocycles. The molecule has 0 radical (unpaired) electrons. The highest BCUT2D eigenvalue weighted by molar-refractivity contribution is 5.94. The number of rotatable bonds is 2. The molecule has 0 fully saturated rings. The zero-order valence-electron chi connectivity index (χ0n) is 7.78. The summed E-state index contributed by atoms with van der Waals surface area (Å²) in [6.45, 7) is 0.587. The van der Waals surface area contributed by atoms with E-state index in [9.17, 15) is 9.90 Å². The largest absolute Gasteiger partial charge is 0.508 e. The van der Waals surface area contributed by atoms with E-state index in [0.717, 1.165) is 5.56 Å². The van der Waals surface area contributed by atoms with E-state index in [0.29, 0.717) is 12.1 Å². The van der Waals surface area contributed by atoms with Gasteiger partial charge in [-0.25, -0.2) is 4.79 Å². The van der Waals surface area contributed by atoms with E-state index >= 15 is 0 Å². The normalized spacial score (nSPS) is 19.2. The summed E-state index contributed by atoms with van der Waals surface area (Å²) in [7, 11) is 1.80. The number of phenolic OH excluding ortho intramolecular Hbond substituents is 1. The summed E-state index contributed by atoms with van der Waals surface area (Å²) in [5.41, 5.74) is 1.30. The Bertz CT molecular complexity index is 376. The van der Waals surface area contributed by atoms with E-state index in [-0.39, 0.29) is 17.8 Å². The van der Waals surface area contributed by atoms with Crippen LogP contribution in [-0.4, -0.2) is 24.7 Å². The molecule has 14 heavy (non-hydrogen) atoms. The predicted octanol–water partition coefficient (Wildman–Crippen LogP) is 0.823. The Hall–Kier alpha value is -1.55. The minimum Gasteiger partial charge on any atom is -0.508 e. The second kappa shape index (κ2) is 3.31. The maximum atomic E-state index is 11.3. The summed E-state index contributed by atoms with van der Waals surface area (Å²) in [6.07, 6.45) is -0.233. The average Bonchev–Trinajstić information content (AvgIpc) is 2.44. The van der Waals surface area contributed by atoms with E-state index in [1.807, 2.05) is 0 Å². The summed E-state index contributed by atoms with van der Waals surface area (Å²) in [5, 5.41) is 12.2. The van der Waals surface area contributed by atoms with E-state index in [1.165, 1.54) is 6.07 Å². The molecule has 0 saturated heterocycles. The molecule has 1 unspecified atom stereocenters. The number of hydrogen-bond donors (Lipinski definition) is 2. The van der Waals surface area contributed by atoms with Gasteiger partial charge >= 0.3 is 5.97 Å². The number of phenols is 1. The van der Waals surface area contributed by atoms with Crippen molar-refractivity contribution in [2.45, 2.75) is 6.10 Å². The number of carbonyl (C=O) groups excluding carboxylic acids is 1. The number of nitrogens with one attached hydrogen (secondary N) is 1.